The van der Waals surface area contributed by atoms with E-state index in [9.17, 15) is 17.6 Å². The van der Waals surface area contributed by atoms with E-state index in [0.717, 1.165) is 6.20 Å². The predicted molar refractivity (Wildman–Crippen MR) is 108 cm³/mol. The summed E-state index contributed by atoms with van der Waals surface area (Å²) < 4.78 is 47.2. The van der Waals surface area contributed by atoms with Crippen LogP contribution in [0.2, 0.25) is 0 Å². The van der Waals surface area contributed by atoms with Gasteiger partial charge in [0.1, 0.15) is 35.3 Å². The van der Waals surface area contributed by atoms with Crippen molar-refractivity contribution < 1.29 is 26.9 Å². The van der Waals surface area contributed by atoms with Gasteiger partial charge in [0, 0.05) is 13.1 Å². The zero-order valence-corrected chi connectivity index (χ0v) is 17.4. The van der Waals surface area contributed by atoms with Crippen LogP contribution in [0.1, 0.15) is 21.8 Å². The summed E-state index contributed by atoms with van der Waals surface area (Å²) in [5, 5.41) is 3.98. The first-order valence-corrected chi connectivity index (χ1v) is 11.3. The largest absolute Gasteiger partial charge is 0.487 e. The molecule has 0 aliphatic carbocycles. The number of nitrogens with zero attached hydrogens (tertiary/aromatic N) is 4. The first kappa shape index (κ1) is 20.9. The Bertz CT molecular complexity index is 1180. The molecule has 1 saturated heterocycles. The molecule has 1 aliphatic heterocycles. The van der Waals surface area contributed by atoms with Crippen molar-refractivity contribution in [2.45, 2.75) is 13.5 Å². The standard InChI is InChI=1S/C20H19FN4O5S/c1-13-16(19(24-30-13)17-4-2-14(21)10-22-17)12-29-15-3-5-18(23-11-15)20(26)25-6-8-31(27,28)9-7-25/h2-5,10-11H,6-9,12H2,1H3. The summed E-state index contributed by atoms with van der Waals surface area (Å²) in [7, 11) is -3.07. The first-order chi connectivity index (χ1) is 14.8. The van der Waals surface area contributed by atoms with Crippen LogP contribution < -0.4 is 4.74 Å². The van der Waals surface area contributed by atoms with Crippen molar-refractivity contribution in [3.63, 3.8) is 0 Å². The van der Waals surface area contributed by atoms with E-state index in [4.69, 9.17) is 9.26 Å². The second-order valence-corrected chi connectivity index (χ2v) is 9.34. The molecular formula is C20H19FN4O5S. The lowest BCUT2D eigenvalue weighted by Crippen LogP contribution is -2.43. The molecule has 0 saturated carbocycles. The molecular weight excluding hydrogens is 427 g/mol. The Balaban J connectivity index is 1.42. The van der Waals surface area contributed by atoms with Crippen LogP contribution in [0.3, 0.4) is 0 Å². The predicted octanol–water partition coefficient (Wildman–Crippen LogP) is 2.03. The lowest BCUT2D eigenvalue weighted by atomic mass is 10.1. The third-order valence-corrected chi connectivity index (χ3v) is 6.53. The molecule has 1 amide bonds. The summed E-state index contributed by atoms with van der Waals surface area (Å²) in [5.74, 6) is 0.124. The highest BCUT2D eigenvalue weighted by molar-refractivity contribution is 7.91. The van der Waals surface area contributed by atoms with Gasteiger partial charge in [0.15, 0.2) is 9.84 Å². The van der Waals surface area contributed by atoms with Crippen LogP contribution in [0.4, 0.5) is 4.39 Å². The van der Waals surface area contributed by atoms with E-state index < -0.39 is 15.7 Å². The molecule has 3 aromatic heterocycles. The fraction of sp³-hybridized carbons (Fsp3) is 0.300. The summed E-state index contributed by atoms with van der Waals surface area (Å²) in [6, 6.07) is 5.93. The minimum absolute atomic E-state index is 0.0384. The van der Waals surface area contributed by atoms with Crippen LogP contribution in [0, 0.1) is 12.7 Å². The van der Waals surface area contributed by atoms with Gasteiger partial charge in [0.05, 0.1) is 35.2 Å². The Kier molecular flexibility index (Phi) is 5.68. The number of aromatic nitrogens is 3. The van der Waals surface area contributed by atoms with E-state index >= 15 is 0 Å². The van der Waals surface area contributed by atoms with Gasteiger partial charge in [-0.1, -0.05) is 5.16 Å². The highest BCUT2D eigenvalue weighted by Gasteiger charge is 2.26. The average Bonchev–Trinajstić information content (AvgIpc) is 3.13. The SMILES string of the molecule is Cc1onc(-c2ccc(F)cn2)c1COc1ccc(C(=O)N2CCS(=O)(=O)CC2)nc1. The second-order valence-electron chi connectivity index (χ2n) is 7.04. The molecule has 0 spiro atoms. The first-order valence-electron chi connectivity index (χ1n) is 9.48. The number of amides is 1. The van der Waals surface area contributed by atoms with Crippen molar-refractivity contribution in [2.75, 3.05) is 24.6 Å². The van der Waals surface area contributed by atoms with E-state index in [1.807, 2.05) is 0 Å². The molecule has 11 heteroatoms. The minimum Gasteiger partial charge on any atom is -0.487 e. The van der Waals surface area contributed by atoms with Crippen LogP contribution in [-0.4, -0.2) is 58.9 Å². The van der Waals surface area contributed by atoms with E-state index in [2.05, 4.69) is 15.1 Å². The lowest BCUT2D eigenvalue weighted by molar-refractivity contribution is 0.0764. The highest BCUT2D eigenvalue weighted by atomic mass is 32.2. The molecule has 0 atom stereocenters. The Morgan fingerprint density at radius 3 is 2.58 bits per heavy atom. The van der Waals surface area contributed by atoms with Crippen molar-refractivity contribution in [1.29, 1.82) is 0 Å². The van der Waals surface area contributed by atoms with Gasteiger partial charge < -0.3 is 14.2 Å². The van der Waals surface area contributed by atoms with Crippen molar-refractivity contribution >= 4 is 15.7 Å². The minimum atomic E-state index is -3.07. The molecule has 0 bridgehead atoms. The Hall–Kier alpha value is -3.34. The maximum atomic E-state index is 13.1. The molecule has 0 N–H and O–H groups in total. The summed E-state index contributed by atoms with van der Waals surface area (Å²) in [6.07, 6.45) is 2.52. The lowest BCUT2D eigenvalue weighted by Gasteiger charge is -2.26. The molecule has 9 nitrogen and oxygen atoms in total. The summed E-state index contributed by atoms with van der Waals surface area (Å²) in [5.41, 5.74) is 1.79. The summed E-state index contributed by atoms with van der Waals surface area (Å²) in [6.45, 7) is 2.17. The fourth-order valence-electron chi connectivity index (χ4n) is 3.10. The average molecular weight is 446 g/mol. The molecule has 3 aromatic rings. The van der Waals surface area contributed by atoms with Gasteiger partial charge in [-0.15, -0.1) is 0 Å². The maximum Gasteiger partial charge on any atom is 0.272 e. The monoisotopic (exact) mass is 446 g/mol. The van der Waals surface area contributed by atoms with Crippen LogP contribution in [0.15, 0.2) is 41.2 Å². The van der Waals surface area contributed by atoms with E-state index in [0.29, 0.717) is 28.5 Å². The highest BCUT2D eigenvalue weighted by Crippen LogP contribution is 2.25. The van der Waals surface area contributed by atoms with Crippen LogP contribution in [0.5, 0.6) is 5.75 Å². The summed E-state index contributed by atoms with van der Waals surface area (Å²) >= 11 is 0. The third kappa shape index (κ3) is 4.71. The Labute approximate surface area is 177 Å². The number of aryl methyl sites for hydroxylation is 1. The van der Waals surface area contributed by atoms with Gasteiger partial charge in [-0.05, 0) is 31.2 Å². The molecule has 0 aromatic carbocycles. The maximum absolute atomic E-state index is 13.1. The number of halogens is 1. The zero-order chi connectivity index (χ0) is 22.0. The number of hydrogen-bond donors (Lipinski definition) is 0. The molecule has 4 rings (SSSR count). The van der Waals surface area contributed by atoms with Crippen LogP contribution in [0.25, 0.3) is 11.4 Å². The number of pyridine rings is 2. The van der Waals surface area contributed by atoms with Gasteiger partial charge in [0.25, 0.3) is 5.91 Å². The summed E-state index contributed by atoms with van der Waals surface area (Å²) in [4.78, 5) is 22.1. The van der Waals surface area contributed by atoms with Crippen molar-refractivity contribution in [1.82, 2.24) is 20.0 Å². The molecule has 0 unspecified atom stereocenters. The van der Waals surface area contributed by atoms with Crippen molar-refractivity contribution in [2.24, 2.45) is 0 Å². The van der Waals surface area contributed by atoms with E-state index in [1.165, 1.54) is 29.3 Å². The van der Waals surface area contributed by atoms with Gasteiger partial charge >= 0.3 is 0 Å². The van der Waals surface area contributed by atoms with Gasteiger partial charge in [-0.2, -0.15) is 0 Å². The molecule has 1 aliphatic rings. The number of sulfone groups is 1. The number of ether oxygens (including phenoxy) is 1. The molecule has 162 valence electrons. The zero-order valence-electron chi connectivity index (χ0n) is 16.6. The molecule has 4 heterocycles. The number of carbonyl (C=O) groups excluding carboxylic acids is 1. The Morgan fingerprint density at radius 2 is 1.94 bits per heavy atom. The fourth-order valence-corrected chi connectivity index (χ4v) is 4.30. The van der Waals surface area contributed by atoms with Crippen LogP contribution >= 0.6 is 0 Å². The van der Waals surface area contributed by atoms with Crippen LogP contribution in [-0.2, 0) is 16.4 Å². The van der Waals surface area contributed by atoms with E-state index in [-0.39, 0.29) is 42.8 Å². The topological polar surface area (TPSA) is 115 Å². The van der Waals surface area contributed by atoms with Crippen molar-refractivity contribution in [3.05, 3.63) is 59.5 Å². The Morgan fingerprint density at radius 1 is 1.16 bits per heavy atom. The van der Waals surface area contributed by atoms with Gasteiger partial charge in [-0.3, -0.25) is 9.78 Å². The van der Waals surface area contributed by atoms with Gasteiger partial charge in [-0.25, -0.2) is 17.8 Å². The van der Waals surface area contributed by atoms with Crippen molar-refractivity contribution in [3.8, 4) is 17.1 Å². The number of rotatable bonds is 5. The number of hydrogen-bond acceptors (Lipinski definition) is 8. The number of carbonyl (C=O) groups is 1. The molecule has 0 radical (unpaired) electrons. The normalized spacial score (nSPS) is 15.6. The molecule has 1 fully saturated rings. The van der Waals surface area contributed by atoms with E-state index in [1.54, 1.807) is 13.0 Å². The second kappa shape index (κ2) is 8.42. The smallest absolute Gasteiger partial charge is 0.272 e. The quantitative estimate of drug-likeness (QED) is 0.585. The molecule has 31 heavy (non-hydrogen) atoms. The van der Waals surface area contributed by atoms with Gasteiger partial charge in [0.2, 0.25) is 0 Å². The third-order valence-electron chi connectivity index (χ3n) is 4.92.